The minimum Gasteiger partial charge on any atom is -0.340 e. The molecule has 0 aliphatic heterocycles. The molecule has 0 saturated heterocycles. The van der Waals surface area contributed by atoms with Gasteiger partial charge in [0.05, 0.1) is 0 Å². The van der Waals surface area contributed by atoms with Gasteiger partial charge in [-0.1, -0.05) is 61.0 Å². The number of nitrogens with one attached hydrogen (secondary N) is 1. The van der Waals surface area contributed by atoms with Crippen LogP contribution in [0.2, 0.25) is 0 Å². The lowest BCUT2D eigenvalue weighted by Crippen LogP contribution is -2.32. The molecule has 0 radical (unpaired) electrons. The molecular weight excluding hydrogens is 340 g/mol. The van der Waals surface area contributed by atoms with Crippen LogP contribution in [0.25, 0.3) is 11.4 Å². The summed E-state index contributed by atoms with van der Waals surface area (Å²) in [6.45, 7) is 6.47. The molecule has 0 saturated carbocycles. The van der Waals surface area contributed by atoms with Gasteiger partial charge in [-0.05, 0) is 30.5 Å². The van der Waals surface area contributed by atoms with Gasteiger partial charge in [0.2, 0.25) is 11.7 Å². The highest BCUT2D eigenvalue weighted by Crippen LogP contribution is 2.24. The number of carbonyl (C=O) groups is 1. The summed E-state index contributed by atoms with van der Waals surface area (Å²) in [7, 11) is 0. The Kier molecular flexibility index (Phi) is 5.66. The molecule has 3 rings (SSSR count). The number of carbonyl (C=O) groups excluding carboxylic acids is 1. The number of rotatable bonds is 6. The third-order valence-corrected chi connectivity index (χ3v) is 4.42. The van der Waals surface area contributed by atoms with Crippen molar-refractivity contribution in [1.29, 1.82) is 0 Å². The van der Waals surface area contributed by atoms with Crippen LogP contribution in [-0.4, -0.2) is 16.0 Å². The van der Waals surface area contributed by atoms with E-state index in [2.05, 4.69) is 15.5 Å². The molecule has 0 bridgehead atoms. The Morgan fingerprint density at radius 2 is 1.78 bits per heavy atom. The van der Waals surface area contributed by atoms with Crippen molar-refractivity contribution in [1.82, 2.24) is 15.5 Å². The van der Waals surface area contributed by atoms with E-state index in [0.29, 0.717) is 23.8 Å². The van der Waals surface area contributed by atoms with E-state index in [0.717, 1.165) is 16.7 Å². The van der Waals surface area contributed by atoms with Gasteiger partial charge in [-0.15, -0.1) is 0 Å². The van der Waals surface area contributed by atoms with Crippen molar-refractivity contribution in [3.8, 4) is 11.4 Å². The number of nitrogens with zero attached hydrogens (tertiary/aromatic N) is 2. The van der Waals surface area contributed by atoms with Crippen LogP contribution in [0.4, 0.5) is 0 Å². The molecule has 3 N–H and O–H groups in total. The van der Waals surface area contributed by atoms with E-state index in [1.807, 2.05) is 57.2 Å². The summed E-state index contributed by atoms with van der Waals surface area (Å²) in [6.07, 6.45) is 0. The zero-order valence-corrected chi connectivity index (χ0v) is 15.8. The van der Waals surface area contributed by atoms with E-state index in [4.69, 9.17) is 10.3 Å². The second-order valence-electron chi connectivity index (χ2n) is 6.92. The largest absolute Gasteiger partial charge is 0.340 e. The first-order valence-electron chi connectivity index (χ1n) is 8.98. The van der Waals surface area contributed by atoms with E-state index in [1.165, 1.54) is 0 Å². The van der Waals surface area contributed by atoms with Crippen LogP contribution < -0.4 is 11.1 Å². The zero-order valence-electron chi connectivity index (χ0n) is 15.8. The maximum absolute atomic E-state index is 12.6. The van der Waals surface area contributed by atoms with Gasteiger partial charge >= 0.3 is 0 Å². The van der Waals surface area contributed by atoms with Crippen LogP contribution in [0.1, 0.15) is 47.3 Å². The molecule has 6 heteroatoms. The molecule has 140 valence electrons. The number of aryl methyl sites for hydroxylation is 1. The number of hydrogen-bond donors (Lipinski definition) is 2. The summed E-state index contributed by atoms with van der Waals surface area (Å²) in [6, 6.07) is 14.8. The summed E-state index contributed by atoms with van der Waals surface area (Å²) in [5, 5.41) is 7.07. The first-order valence-corrected chi connectivity index (χ1v) is 8.98. The minimum atomic E-state index is -0.372. The lowest BCUT2D eigenvalue weighted by atomic mass is 10.0. The molecule has 27 heavy (non-hydrogen) atoms. The molecule has 2 aromatic carbocycles. The van der Waals surface area contributed by atoms with Crippen molar-refractivity contribution in [2.75, 3.05) is 0 Å². The second kappa shape index (κ2) is 8.14. The van der Waals surface area contributed by atoms with E-state index in [9.17, 15) is 4.79 Å². The summed E-state index contributed by atoms with van der Waals surface area (Å²) < 4.78 is 5.45. The van der Waals surface area contributed by atoms with Crippen molar-refractivity contribution in [3.05, 3.63) is 71.1 Å². The average molecular weight is 364 g/mol. The summed E-state index contributed by atoms with van der Waals surface area (Å²) in [5.74, 6) is 0.806. The minimum absolute atomic E-state index is 0.0901. The molecule has 6 nitrogen and oxygen atoms in total. The van der Waals surface area contributed by atoms with E-state index in [1.54, 1.807) is 12.1 Å². The van der Waals surface area contributed by atoms with Gasteiger partial charge in [0.15, 0.2) is 0 Å². The molecular formula is C21H24N4O2. The van der Waals surface area contributed by atoms with Crippen LogP contribution in [0.3, 0.4) is 0 Å². The smallest absolute Gasteiger partial charge is 0.251 e. The highest BCUT2D eigenvalue weighted by Gasteiger charge is 2.25. The SMILES string of the molecule is Cc1ccc(C(=O)NC(c2nc(-c3ccc(CN)cc3)no2)C(C)C)cc1. The average Bonchev–Trinajstić information content (AvgIpc) is 3.16. The number of amides is 1. The maximum atomic E-state index is 12.6. The summed E-state index contributed by atoms with van der Waals surface area (Å²) >= 11 is 0. The van der Waals surface area contributed by atoms with Crippen molar-refractivity contribution < 1.29 is 9.32 Å². The van der Waals surface area contributed by atoms with Gasteiger partial charge in [-0.3, -0.25) is 4.79 Å². The van der Waals surface area contributed by atoms with Crippen molar-refractivity contribution in [3.63, 3.8) is 0 Å². The van der Waals surface area contributed by atoms with Gasteiger partial charge in [-0.2, -0.15) is 4.98 Å². The Hall–Kier alpha value is -2.99. The number of benzene rings is 2. The predicted molar refractivity (Wildman–Crippen MR) is 104 cm³/mol. The fourth-order valence-electron chi connectivity index (χ4n) is 2.71. The Labute approximate surface area is 158 Å². The molecule has 1 aromatic heterocycles. The van der Waals surface area contributed by atoms with E-state index < -0.39 is 0 Å². The molecule has 1 heterocycles. The van der Waals surface area contributed by atoms with E-state index >= 15 is 0 Å². The standard InChI is InChI=1S/C21H24N4O2/c1-13(2)18(23-20(26)17-8-4-14(3)5-9-17)21-24-19(25-27-21)16-10-6-15(12-22)7-11-16/h4-11,13,18H,12,22H2,1-3H3,(H,23,26). The van der Waals surface area contributed by atoms with Gasteiger partial charge in [0, 0.05) is 17.7 Å². The Morgan fingerprint density at radius 1 is 1.11 bits per heavy atom. The van der Waals surface area contributed by atoms with E-state index in [-0.39, 0.29) is 17.9 Å². The normalized spacial score (nSPS) is 12.2. The molecule has 0 aliphatic carbocycles. The third-order valence-electron chi connectivity index (χ3n) is 4.42. The summed E-state index contributed by atoms with van der Waals surface area (Å²) in [4.78, 5) is 17.1. The van der Waals surface area contributed by atoms with Crippen LogP contribution >= 0.6 is 0 Å². The third kappa shape index (κ3) is 4.41. The van der Waals surface area contributed by atoms with Crippen molar-refractivity contribution >= 4 is 5.91 Å². The van der Waals surface area contributed by atoms with Crippen LogP contribution in [0.5, 0.6) is 0 Å². The molecule has 0 spiro atoms. The Morgan fingerprint density at radius 3 is 2.37 bits per heavy atom. The van der Waals surface area contributed by atoms with Crippen LogP contribution in [0.15, 0.2) is 53.1 Å². The predicted octanol–water partition coefficient (Wildman–Crippen LogP) is 3.63. The molecule has 1 unspecified atom stereocenters. The number of nitrogens with two attached hydrogens (primary N) is 1. The fourth-order valence-corrected chi connectivity index (χ4v) is 2.71. The first kappa shape index (κ1) is 18.8. The summed E-state index contributed by atoms with van der Waals surface area (Å²) in [5.41, 5.74) is 9.21. The van der Waals surface area contributed by atoms with Crippen molar-refractivity contribution in [2.24, 2.45) is 11.7 Å². The van der Waals surface area contributed by atoms with Gasteiger partial charge in [-0.25, -0.2) is 0 Å². The molecule has 3 aromatic rings. The Bertz CT molecular complexity index is 899. The highest BCUT2D eigenvalue weighted by molar-refractivity contribution is 5.94. The second-order valence-corrected chi connectivity index (χ2v) is 6.92. The van der Waals surface area contributed by atoms with Gasteiger partial charge < -0.3 is 15.6 Å². The van der Waals surface area contributed by atoms with Gasteiger partial charge in [0.25, 0.3) is 5.91 Å². The van der Waals surface area contributed by atoms with Crippen LogP contribution in [0, 0.1) is 12.8 Å². The van der Waals surface area contributed by atoms with Crippen LogP contribution in [-0.2, 0) is 6.54 Å². The quantitative estimate of drug-likeness (QED) is 0.696. The fraction of sp³-hybridized carbons (Fsp3) is 0.286. The molecule has 0 fully saturated rings. The topological polar surface area (TPSA) is 94.0 Å². The van der Waals surface area contributed by atoms with Gasteiger partial charge in [0.1, 0.15) is 6.04 Å². The number of aromatic nitrogens is 2. The lowest BCUT2D eigenvalue weighted by molar-refractivity contribution is 0.0914. The highest BCUT2D eigenvalue weighted by atomic mass is 16.5. The zero-order chi connectivity index (χ0) is 19.4. The molecule has 1 atom stereocenters. The molecule has 1 amide bonds. The molecule has 0 aliphatic rings. The number of hydrogen-bond acceptors (Lipinski definition) is 5. The monoisotopic (exact) mass is 364 g/mol. The maximum Gasteiger partial charge on any atom is 0.251 e. The Balaban J connectivity index is 1.79. The van der Waals surface area contributed by atoms with Crippen molar-refractivity contribution in [2.45, 2.75) is 33.4 Å². The lowest BCUT2D eigenvalue weighted by Gasteiger charge is -2.18. The first-order chi connectivity index (χ1) is 13.0.